The Labute approximate surface area is 124 Å². The first-order valence-corrected chi connectivity index (χ1v) is 5.55. The minimum absolute atomic E-state index is 0. The highest BCUT2D eigenvalue weighted by molar-refractivity contribution is 7.79. The molecular formula is C2H20ClN4O12PS. The number of hydrogen-bond acceptors (Lipinski definition) is 9. The lowest BCUT2D eigenvalue weighted by Gasteiger charge is -1.82. The van der Waals surface area contributed by atoms with Gasteiger partial charge in [-0.1, -0.05) is 0 Å². The van der Waals surface area contributed by atoms with Gasteiger partial charge in [-0.2, -0.15) is 8.42 Å². The van der Waals surface area contributed by atoms with Gasteiger partial charge in [0.25, 0.3) is 0 Å². The SMILES string of the molecule is Cl.N.N.N.N.O=C(O)C(=O)O.O=P(O)(O)O.O=S(=O)(O)O. The maximum atomic E-state index is 9.10. The highest BCUT2D eigenvalue weighted by Gasteiger charge is 2.04. The Kier molecular flexibility index (Phi) is 50.9. The Hall–Kier alpha value is -0.950. The van der Waals surface area contributed by atoms with E-state index < -0.39 is 30.2 Å². The Morgan fingerprint density at radius 2 is 0.810 bits per heavy atom. The number of hydrogen-bond donors (Lipinski definition) is 11. The van der Waals surface area contributed by atoms with Gasteiger partial charge in [0.2, 0.25) is 0 Å². The van der Waals surface area contributed by atoms with Gasteiger partial charge in [-0.3, -0.25) is 9.11 Å². The maximum absolute atomic E-state index is 9.10. The van der Waals surface area contributed by atoms with Crippen molar-refractivity contribution < 1.29 is 56.6 Å². The summed E-state index contributed by atoms with van der Waals surface area (Å²) in [7, 11) is -9.31. The third-order valence-corrected chi connectivity index (χ3v) is 0.183. The summed E-state index contributed by atoms with van der Waals surface area (Å²) < 4.78 is 40.5. The molecule has 0 saturated heterocycles. The molecule has 0 aliphatic rings. The summed E-state index contributed by atoms with van der Waals surface area (Å²) in [4.78, 5) is 39.8. The second kappa shape index (κ2) is 21.4. The van der Waals surface area contributed by atoms with Crippen molar-refractivity contribution in [2.75, 3.05) is 0 Å². The van der Waals surface area contributed by atoms with Crippen LogP contribution in [0, 0.1) is 0 Å². The van der Waals surface area contributed by atoms with Crippen LogP contribution in [0.3, 0.4) is 0 Å². The molecule has 0 heterocycles. The quantitative estimate of drug-likeness (QED) is 0.129. The van der Waals surface area contributed by atoms with E-state index in [1.54, 1.807) is 0 Å². The number of carboxylic acids is 2. The normalized spacial score (nSPS) is 7.67. The molecule has 0 atom stereocenters. The smallest absolute Gasteiger partial charge is 0.466 e. The summed E-state index contributed by atoms with van der Waals surface area (Å²) in [6.45, 7) is 0. The van der Waals surface area contributed by atoms with E-state index in [0.29, 0.717) is 0 Å². The Balaban J connectivity index is -0.0000000181. The minimum Gasteiger partial charge on any atom is -0.473 e. The van der Waals surface area contributed by atoms with Gasteiger partial charge in [-0.25, -0.2) is 14.2 Å². The minimum atomic E-state index is -4.67. The van der Waals surface area contributed by atoms with Crippen LogP contribution in [0.2, 0.25) is 0 Å². The van der Waals surface area contributed by atoms with Crippen LogP contribution in [0.1, 0.15) is 0 Å². The number of carbonyl (C=O) groups is 2. The van der Waals surface area contributed by atoms with Crippen LogP contribution < -0.4 is 24.6 Å². The summed E-state index contributed by atoms with van der Waals surface area (Å²) in [5.41, 5.74) is 0. The first kappa shape index (κ1) is 50.1. The summed E-state index contributed by atoms with van der Waals surface area (Å²) >= 11 is 0. The second-order valence-electron chi connectivity index (χ2n) is 1.57. The van der Waals surface area contributed by atoms with Crippen LogP contribution in [-0.2, 0) is 24.6 Å². The third-order valence-electron chi connectivity index (χ3n) is 0.183. The number of rotatable bonds is 0. The van der Waals surface area contributed by atoms with Gasteiger partial charge in [0, 0.05) is 0 Å². The zero-order valence-electron chi connectivity index (χ0n) is 10.3. The topological polar surface area (TPSA) is 367 Å². The van der Waals surface area contributed by atoms with Crippen molar-refractivity contribution in [3.8, 4) is 0 Å². The molecule has 0 unspecified atom stereocenters. The standard InChI is InChI=1S/C2H2O4.ClH.4H3N.H3O4P.H2O4S/c3-1(4)2(5)6;;;;;;2*1-5(2,3)4/h(H,3,4)(H,5,6);1H;4*1H3;(H3,1,2,3,4);(H2,1,2,3,4). The van der Waals surface area contributed by atoms with E-state index >= 15 is 0 Å². The number of aliphatic carboxylic acids is 2. The van der Waals surface area contributed by atoms with Crippen LogP contribution >= 0.6 is 20.2 Å². The Morgan fingerprint density at radius 1 is 0.762 bits per heavy atom. The molecule has 0 saturated carbocycles. The number of phosphoric acid groups is 1. The molecular weight excluding hydrogens is 371 g/mol. The van der Waals surface area contributed by atoms with Crippen molar-refractivity contribution in [2.45, 2.75) is 0 Å². The molecule has 0 spiro atoms. The van der Waals surface area contributed by atoms with E-state index in [9.17, 15) is 0 Å². The molecule has 21 heavy (non-hydrogen) atoms. The Bertz CT molecular complexity index is 350. The summed E-state index contributed by atoms with van der Waals surface area (Å²) in [6.07, 6.45) is 0. The van der Waals surface area contributed by atoms with Gasteiger partial charge in [0.15, 0.2) is 0 Å². The molecule has 0 rings (SSSR count). The van der Waals surface area contributed by atoms with Gasteiger partial charge in [-0.15, -0.1) is 12.4 Å². The van der Waals surface area contributed by atoms with Crippen molar-refractivity contribution >= 4 is 42.6 Å². The predicted octanol–water partition coefficient (Wildman–Crippen LogP) is -1.36. The predicted molar refractivity (Wildman–Crippen MR) is 71.0 cm³/mol. The maximum Gasteiger partial charge on any atom is 0.466 e. The van der Waals surface area contributed by atoms with Gasteiger partial charge >= 0.3 is 30.2 Å². The van der Waals surface area contributed by atoms with Crippen molar-refractivity contribution in [2.24, 2.45) is 0 Å². The van der Waals surface area contributed by atoms with E-state index in [4.69, 9.17) is 56.6 Å². The van der Waals surface area contributed by atoms with Gasteiger partial charge < -0.3 is 49.5 Å². The molecule has 0 aliphatic carbocycles. The van der Waals surface area contributed by atoms with Crippen LogP contribution in [-0.4, -0.2) is 54.4 Å². The number of carboxylic acid groups (broad SMARTS) is 2. The third kappa shape index (κ3) is 595. The van der Waals surface area contributed by atoms with Crippen molar-refractivity contribution in [3.63, 3.8) is 0 Å². The molecule has 0 aromatic heterocycles. The molecule has 0 amide bonds. The zero-order valence-corrected chi connectivity index (χ0v) is 12.8. The van der Waals surface area contributed by atoms with Gasteiger partial charge in [0.05, 0.1) is 0 Å². The number of halogens is 1. The largest absolute Gasteiger partial charge is 0.473 e. The molecule has 19 heteroatoms. The van der Waals surface area contributed by atoms with Gasteiger partial charge in [0.1, 0.15) is 0 Å². The zero-order chi connectivity index (χ0) is 14.2. The van der Waals surface area contributed by atoms with E-state index in [-0.39, 0.29) is 37.0 Å². The van der Waals surface area contributed by atoms with Crippen LogP contribution in [0.25, 0.3) is 0 Å². The van der Waals surface area contributed by atoms with E-state index in [2.05, 4.69) is 0 Å². The van der Waals surface area contributed by atoms with E-state index in [1.807, 2.05) is 0 Å². The molecule has 16 nitrogen and oxygen atoms in total. The first-order valence-electron chi connectivity index (χ1n) is 2.59. The Morgan fingerprint density at radius 3 is 0.810 bits per heavy atom. The average Bonchev–Trinajstić information content (AvgIpc) is 1.77. The lowest BCUT2D eigenvalue weighted by atomic mass is 10.7. The van der Waals surface area contributed by atoms with Crippen LogP contribution in [0.4, 0.5) is 0 Å². The molecule has 0 aliphatic heterocycles. The summed E-state index contributed by atoms with van der Waals surface area (Å²) in [5, 5.41) is 14.8. The first-order chi connectivity index (χ1) is 6.64. The van der Waals surface area contributed by atoms with Crippen LogP contribution in [0.5, 0.6) is 0 Å². The fourth-order valence-electron chi connectivity index (χ4n) is 0. The lowest BCUT2D eigenvalue weighted by Crippen LogP contribution is -2.09. The molecule has 19 N–H and O–H groups in total. The highest BCUT2D eigenvalue weighted by atomic mass is 35.5. The molecule has 0 aromatic carbocycles. The highest BCUT2D eigenvalue weighted by Crippen LogP contribution is 2.25. The van der Waals surface area contributed by atoms with Crippen molar-refractivity contribution in [1.82, 2.24) is 24.6 Å². The summed E-state index contributed by atoms with van der Waals surface area (Å²) in [5.74, 6) is -3.65. The molecule has 0 bridgehead atoms. The summed E-state index contributed by atoms with van der Waals surface area (Å²) in [6, 6.07) is 0. The van der Waals surface area contributed by atoms with Crippen molar-refractivity contribution in [3.05, 3.63) is 0 Å². The molecule has 0 aromatic rings. The fraction of sp³-hybridized carbons (Fsp3) is 0. The second-order valence-corrected chi connectivity index (χ2v) is 3.49. The average molecular weight is 391 g/mol. The fourth-order valence-corrected chi connectivity index (χ4v) is 0. The lowest BCUT2D eigenvalue weighted by molar-refractivity contribution is -0.159. The molecule has 0 radical (unpaired) electrons. The van der Waals surface area contributed by atoms with Gasteiger partial charge in [-0.05, 0) is 0 Å². The van der Waals surface area contributed by atoms with Crippen LogP contribution in [0.15, 0.2) is 0 Å². The van der Waals surface area contributed by atoms with E-state index in [1.165, 1.54) is 0 Å². The molecule has 0 fully saturated rings. The van der Waals surface area contributed by atoms with E-state index in [0.717, 1.165) is 0 Å². The molecule has 138 valence electrons. The monoisotopic (exact) mass is 390 g/mol. The van der Waals surface area contributed by atoms with Crippen molar-refractivity contribution in [1.29, 1.82) is 0 Å².